The van der Waals surface area contributed by atoms with Crippen molar-refractivity contribution in [2.45, 2.75) is 25.0 Å². The van der Waals surface area contributed by atoms with Crippen LogP contribution in [0.25, 0.3) is 11.4 Å². The van der Waals surface area contributed by atoms with Gasteiger partial charge in [0.25, 0.3) is 0 Å². The molecule has 2 rings (SSSR count). The monoisotopic (exact) mass is 334 g/mol. The average Bonchev–Trinajstić information content (AvgIpc) is 2.86. The van der Waals surface area contributed by atoms with E-state index in [2.05, 4.69) is 21.6 Å². The molecule has 7 heteroatoms. The van der Waals surface area contributed by atoms with E-state index in [4.69, 9.17) is 4.74 Å². The van der Waals surface area contributed by atoms with Crippen molar-refractivity contribution in [2.75, 3.05) is 19.5 Å². The van der Waals surface area contributed by atoms with E-state index >= 15 is 0 Å². The highest BCUT2D eigenvalue weighted by Gasteiger charge is 2.14. The molecule has 1 unspecified atom stereocenters. The summed E-state index contributed by atoms with van der Waals surface area (Å²) in [5.74, 6) is 1.05. The molecule has 1 N–H and O–H groups in total. The highest BCUT2D eigenvalue weighted by molar-refractivity contribution is 7.99. The Kier molecular flexibility index (Phi) is 6.18. The van der Waals surface area contributed by atoms with Crippen molar-refractivity contribution in [1.82, 2.24) is 20.1 Å². The molecular weight excluding hydrogens is 312 g/mol. The van der Waals surface area contributed by atoms with Crippen LogP contribution in [0.4, 0.5) is 0 Å². The van der Waals surface area contributed by atoms with Gasteiger partial charge in [0.15, 0.2) is 11.0 Å². The molecule has 0 spiro atoms. The third-order valence-electron chi connectivity index (χ3n) is 3.27. The van der Waals surface area contributed by atoms with E-state index in [9.17, 15) is 4.79 Å². The van der Waals surface area contributed by atoms with Crippen LogP contribution in [0, 0.1) is 6.92 Å². The molecule has 1 atom stereocenters. The number of ether oxygens (including phenoxy) is 1. The normalized spacial score (nSPS) is 12.2. The summed E-state index contributed by atoms with van der Waals surface area (Å²) in [6.07, 6.45) is 0. The van der Waals surface area contributed by atoms with Gasteiger partial charge in [0.2, 0.25) is 5.91 Å². The Hall–Kier alpha value is -1.86. The fourth-order valence-electron chi connectivity index (χ4n) is 2.21. The van der Waals surface area contributed by atoms with Crippen LogP contribution in [-0.4, -0.2) is 46.2 Å². The van der Waals surface area contributed by atoms with E-state index in [0.717, 1.165) is 16.5 Å². The largest absolute Gasteiger partial charge is 0.383 e. The Balaban J connectivity index is 1.99. The van der Waals surface area contributed by atoms with Gasteiger partial charge in [-0.05, 0) is 19.9 Å². The Bertz CT molecular complexity index is 672. The smallest absolute Gasteiger partial charge is 0.230 e. The minimum Gasteiger partial charge on any atom is -0.383 e. The number of nitrogens with one attached hydrogen (secondary N) is 1. The Morgan fingerprint density at radius 1 is 1.43 bits per heavy atom. The van der Waals surface area contributed by atoms with Crippen LogP contribution >= 0.6 is 11.8 Å². The van der Waals surface area contributed by atoms with E-state index in [1.807, 2.05) is 43.7 Å². The van der Waals surface area contributed by atoms with Gasteiger partial charge in [-0.1, -0.05) is 35.5 Å². The highest BCUT2D eigenvalue weighted by atomic mass is 32.2. The molecule has 1 heterocycles. The zero-order valence-electron chi connectivity index (χ0n) is 13.9. The summed E-state index contributed by atoms with van der Waals surface area (Å²) in [7, 11) is 3.52. The Morgan fingerprint density at radius 2 is 2.22 bits per heavy atom. The van der Waals surface area contributed by atoms with E-state index in [0.29, 0.717) is 12.4 Å². The van der Waals surface area contributed by atoms with Crippen molar-refractivity contribution in [2.24, 2.45) is 7.05 Å². The summed E-state index contributed by atoms with van der Waals surface area (Å²) < 4.78 is 6.91. The molecule has 0 aliphatic rings. The molecule has 0 bridgehead atoms. The molecular formula is C16H22N4O2S. The number of methoxy groups -OCH3 is 1. The number of carbonyl (C=O) groups excluding carboxylic acids is 1. The lowest BCUT2D eigenvalue weighted by Crippen LogP contribution is -2.36. The molecule has 2 aromatic rings. The van der Waals surface area contributed by atoms with Gasteiger partial charge in [0, 0.05) is 25.8 Å². The maximum atomic E-state index is 11.9. The maximum absolute atomic E-state index is 11.9. The lowest BCUT2D eigenvalue weighted by molar-refractivity contribution is -0.119. The summed E-state index contributed by atoms with van der Waals surface area (Å²) in [6.45, 7) is 4.45. The van der Waals surface area contributed by atoms with Crippen LogP contribution in [0.2, 0.25) is 0 Å². The summed E-state index contributed by atoms with van der Waals surface area (Å²) in [6, 6.07) is 8.11. The highest BCUT2D eigenvalue weighted by Crippen LogP contribution is 2.23. The quantitative estimate of drug-likeness (QED) is 0.785. The first-order valence-corrected chi connectivity index (χ1v) is 8.37. The molecule has 0 aliphatic heterocycles. The minimum absolute atomic E-state index is 0.00421. The number of hydrogen-bond donors (Lipinski definition) is 1. The van der Waals surface area contributed by atoms with Gasteiger partial charge in [-0.25, -0.2) is 0 Å². The SMILES string of the molecule is COCC(C)NC(=O)CSc1nnc(-c2cccc(C)c2)n1C. The van der Waals surface area contributed by atoms with Crippen LogP contribution in [0.15, 0.2) is 29.4 Å². The van der Waals surface area contributed by atoms with Crippen LogP contribution in [0.5, 0.6) is 0 Å². The zero-order chi connectivity index (χ0) is 16.8. The molecule has 1 aromatic carbocycles. The number of nitrogens with zero attached hydrogens (tertiary/aromatic N) is 3. The van der Waals surface area contributed by atoms with Gasteiger partial charge in [0.1, 0.15) is 0 Å². The molecule has 0 saturated carbocycles. The fraction of sp³-hybridized carbons (Fsp3) is 0.438. The predicted molar refractivity (Wildman–Crippen MR) is 91.4 cm³/mol. The third-order valence-corrected chi connectivity index (χ3v) is 4.29. The van der Waals surface area contributed by atoms with Crippen molar-refractivity contribution in [3.63, 3.8) is 0 Å². The molecule has 0 fully saturated rings. The van der Waals surface area contributed by atoms with Gasteiger partial charge < -0.3 is 14.6 Å². The van der Waals surface area contributed by atoms with Crippen LogP contribution in [0.3, 0.4) is 0 Å². The van der Waals surface area contributed by atoms with E-state index in [1.165, 1.54) is 17.3 Å². The van der Waals surface area contributed by atoms with Crippen LogP contribution in [0.1, 0.15) is 12.5 Å². The number of carbonyl (C=O) groups is 1. The lowest BCUT2D eigenvalue weighted by atomic mass is 10.1. The number of thioether (sulfide) groups is 1. The third kappa shape index (κ3) is 4.80. The average molecular weight is 334 g/mol. The predicted octanol–water partition coefficient (Wildman–Crippen LogP) is 2.03. The molecule has 0 aliphatic carbocycles. The Morgan fingerprint density at radius 3 is 2.91 bits per heavy atom. The summed E-state index contributed by atoms with van der Waals surface area (Å²) in [5.41, 5.74) is 2.19. The van der Waals surface area contributed by atoms with Crippen molar-refractivity contribution in [1.29, 1.82) is 0 Å². The number of amides is 1. The number of benzene rings is 1. The van der Waals surface area contributed by atoms with Crippen molar-refractivity contribution >= 4 is 17.7 Å². The number of hydrogen-bond acceptors (Lipinski definition) is 5. The van der Waals surface area contributed by atoms with Gasteiger partial charge in [-0.3, -0.25) is 4.79 Å². The fourth-order valence-corrected chi connectivity index (χ4v) is 2.94. The summed E-state index contributed by atoms with van der Waals surface area (Å²) >= 11 is 1.37. The second kappa shape index (κ2) is 8.12. The zero-order valence-corrected chi connectivity index (χ0v) is 14.7. The first-order chi connectivity index (χ1) is 11.0. The maximum Gasteiger partial charge on any atom is 0.230 e. The second-order valence-electron chi connectivity index (χ2n) is 5.45. The standard InChI is InChI=1S/C16H22N4O2S/c1-11-6-5-7-13(8-11)15-18-19-16(20(15)3)23-10-14(21)17-12(2)9-22-4/h5-8,12H,9-10H2,1-4H3,(H,17,21). The van der Waals surface area contributed by atoms with Gasteiger partial charge in [-0.15, -0.1) is 10.2 Å². The van der Waals surface area contributed by atoms with Gasteiger partial charge in [0.05, 0.1) is 12.4 Å². The molecule has 0 radical (unpaired) electrons. The number of aromatic nitrogens is 3. The van der Waals surface area contributed by atoms with Crippen molar-refractivity contribution < 1.29 is 9.53 Å². The second-order valence-corrected chi connectivity index (χ2v) is 6.39. The number of rotatable bonds is 7. The van der Waals surface area contributed by atoms with Crippen molar-refractivity contribution in [3.05, 3.63) is 29.8 Å². The van der Waals surface area contributed by atoms with E-state index < -0.39 is 0 Å². The summed E-state index contributed by atoms with van der Waals surface area (Å²) in [4.78, 5) is 11.9. The van der Waals surface area contributed by atoms with Crippen LogP contribution < -0.4 is 5.32 Å². The van der Waals surface area contributed by atoms with Gasteiger partial charge in [-0.2, -0.15) is 0 Å². The van der Waals surface area contributed by atoms with Crippen molar-refractivity contribution in [3.8, 4) is 11.4 Å². The molecule has 6 nitrogen and oxygen atoms in total. The Labute approximate surface area is 140 Å². The first kappa shape index (κ1) is 17.5. The summed E-state index contributed by atoms with van der Waals surface area (Å²) in [5, 5.41) is 12.0. The molecule has 1 amide bonds. The molecule has 0 saturated heterocycles. The molecule has 1 aromatic heterocycles. The minimum atomic E-state index is -0.0420. The molecule has 23 heavy (non-hydrogen) atoms. The van der Waals surface area contributed by atoms with Gasteiger partial charge >= 0.3 is 0 Å². The number of aryl methyl sites for hydroxylation is 1. The lowest BCUT2D eigenvalue weighted by Gasteiger charge is -2.12. The van der Waals surface area contributed by atoms with E-state index in [1.54, 1.807) is 7.11 Å². The molecule has 124 valence electrons. The topological polar surface area (TPSA) is 69.0 Å². The first-order valence-electron chi connectivity index (χ1n) is 7.38. The van der Waals surface area contributed by atoms with Crippen LogP contribution in [-0.2, 0) is 16.6 Å². The van der Waals surface area contributed by atoms with E-state index in [-0.39, 0.29) is 11.9 Å².